The molecule has 2 aromatic carbocycles. The van der Waals surface area contributed by atoms with Crippen LogP contribution >= 0.6 is 0 Å². The van der Waals surface area contributed by atoms with Gasteiger partial charge in [-0.3, -0.25) is 0 Å². The fourth-order valence-corrected chi connectivity index (χ4v) is 4.02. The third kappa shape index (κ3) is 3.13. The van der Waals surface area contributed by atoms with E-state index in [0.29, 0.717) is 0 Å². The van der Waals surface area contributed by atoms with E-state index >= 15 is 0 Å². The monoisotopic (exact) mass is 349 g/mol. The van der Waals surface area contributed by atoms with Crippen LogP contribution in [0.3, 0.4) is 0 Å². The summed E-state index contributed by atoms with van der Waals surface area (Å²) in [6.45, 7) is 4.86. The highest BCUT2D eigenvalue weighted by molar-refractivity contribution is 5.71. The second-order valence-electron chi connectivity index (χ2n) is 6.98. The molecule has 0 aliphatic carbocycles. The minimum atomic E-state index is -0.190. The van der Waals surface area contributed by atoms with Gasteiger partial charge in [-0.25, -0.2) is 4.39 Å². The van der Waals surface area contributed by atoms with Crippen molar-refractivity contribution in [3.8, 4) is 11.1 Å². The number of nitrogens with zero attached hydrogens (tertiary/aromatic N) is 2. The Balaban J connectivity index is 1.68. The molecule has 2 heterocycles. The number of benzene rings is 2. The van der Waals surface area contributed by atoms with Gasteiger partial charge >= 0.3 is 0 Å². The van der Waals surface area contributed by atoms with E-state index in [-0.39, 0.29) is 11.9 Å². The zero-order valence-corrected chi connectivity index (χ0v) is 15.2. The minimum absolute atomic E-state index is 0.190. The molecule has 4 rings (SSSR count). The van der Waals surface area contributed by atoms with Crippen molar-refractivity contribution in [2.45, 2.75) is 13.0 Å². The van der Waals surface area contributed by atoms with Gasteiger partial charge in [0.15, 0.2) is 0 Å². The number of piperazine rings is 1. The smallest absolute Gasteiger partial charge is 0.123 e. The molecular weight excluding hydrogens is 325 g/mol. The quantitative estimate of drug-likeness (QED) is 0.761. The summed E-state index contributed by atoms with van der Waals surface area (Å²) in [7, 11) is 2.12. The van der Waals surface area contributed by atoms with Crippen LogP contribution in [0.5, 0.6) is 0 Å². The maximum Gasteiger partial charge on any atom is 0.123 e. The number of nitrogens with one attached hydrogen (secondary N) is 1. The first-order valence-electron chi connectivity index (χ1n) is 9.08. The van der Waals surface area contributed by atoms with Crippen LogP contribution in [-0.2, 0) is 7.05 Å². The SMILES string of the molecule is Cc1cn(C)c(C2CN(c3ccc(F)cc3)CCN2)c1-c1ccccc1. The van der Waals surface area contributed by atoms with Gasteiger partial charge in [-0.2, -0.15) is 0 Å². The highest BCUT2D eigenvalue weighted by Crippen LogP contribution is 2.34. The molecular formula is C22H24FN3. The summed E-state index contributed by atoms with van der Waals surface area (Å²) < 4.78 is 15.5. The second kappa shape index (κ2) is 6.96. The predicted molar refractivity (Wildman–Crippen MR) is 105 cm³/mol. The first-order chi connectivity index (χ1) is 12.6. The summed E-state index contributed by atoms with van der Waals surface area (Å²) in [5, 5.41) is 3.67. The normalized spacial score (nSPS) is 17.5. The van der Waals surface area contributed by atoms with Crippen molar-refractivity contribution in [3.63, 3.8) is 0 Å². The molecule has 0 spiro atoms. The van der Waals surface area contributed by atoms with Crippen LogP contribution in [0.1, 0.15) is 17.3 Å². The van der Waals surface area contributed by atoms with E-state index in [0.717, 1.165) is 25.3 Å². The number of hydrogen-bond donors (Lipinski definition) is 1. The van der Waals surface area contributed by atoms with Crippen molar-refractivity contribution >= 4 is 5.69 Å². The first kappa shape index (κ1) is 16.9. The van der Waals surface area contributed by atoms with E-state index in [2.05, 4.69) is 65.3 Å². The first-order valence-corrected chi connectivity index (χ1v) is 9.08. The summed E-state index contributed by atoms with van der Waals surface area (Å²) in [5.41, 5.74) is 6.23. The van der Waals surface area contributed by atoms with E-state index in [9.17, 15) is 4.39 Å². The Bertz CT molecular complexity index is 884. The molecule has 1 aromatic heterocycles. The summed E-state index contributed by atoms with van der Waals surface area (Å²) in [6.07, 6.45) is 2.20. The fraction of sp³-hybridized carbons (Fsp3) is 0.273. The van der Waals surface area contributed by atoms with Crippen molar-refractivity contribution < 1.29 is 4.39 Å². The van der Waals surface area contributed by atoms with Gasteiger partial charge in [0.2, 0.25) is 0 Å². The number of aryl methyl sites for hydroxylation is 2. The maximum absolute atomic E-state index is 13.3. The average Bonchev–Trinajstić information content (AvgIpc) is 2.97. The summed E-state index contributed by atoms with van der Waals surface area (Å²) >= 11 is 0. The lowest BCUT2D eigenvalue weighted by Gasteiger charge is -2.36. The van der Waals surface area contributed by atoms with Crippen molar-refractivity contribution in [2.75, 3.05) is 24.5 Å². The summed E-state index contributed by atoms with van der Waals surface area (Å²) in [4.78, 5) is 2.33. The van der Waals surface area contributed by atoms with Crippen LogP contribution in [-0.4, -0.2) is 24.2 Å². The molecule has 1 aliphatic heterocycles. The Kier molecular flexibility index (Phi) is 4.51. The molecule has 3 aromatic rings. The molecule has 4 heteroatoms. The van der Waals surface area contributed by atoms with Crippen LogP contribution in [0.25, 0.3) is 11.1 Å². The molecule has 26 heavy (non-hydrogen) atoms. The van der Waals surface area contributed by atoms with Crippen molar-refractivity contribution in [2.24, 2.45) is 7.05 Å². The second-order valence-corrected chi connectivity index (χ2v) is 6.98. The molecule has 134 valence electrons. The standard InChI is InChI=1S/C22H24FN3/c1-16-14-25(2)22(21(16)17-6-4-3-5-7-17)20-15-26(13-12-24-20)19-10-8-18(23)9-11-19/h3-11,14,20,24H,12-13,15H2,1-2H3. The van der Waals surface area contributed by atoms with Gasteiger partial charge in [0, 0.05) is 49.8 Å². The van der Waals surface area contributed by atoms with Crippen molar-refractivity contribution in [1.82, 2.24) is 9.88 Å². The van der Waals surface area contributed by atoms with Crippen LogP contribution in [0.15, 0.2) is 60.8 Å². The van der Waals surface area contributed by atoms with Crippen LogP contribution in [0.4, 0.5) is 10.1 Å². The predicted octanol–water partition coefficient (Wildman–Crippen LogP) is 4.29. The maximum atomic E-state index is 13.3. The topological polar surface area (TPSA) is 20.2 Å². The molecule has 1 saturated heterocycles. The van der Waals surface area contributed by atoms with E-state index in [1.54, 1.807) is 0 Å². The molecule has 3 nitrogen and oxygen atoms in total. The van der Waals surface area contributed by atoms with E-state index in [1.165, 1.54) is 34.5 Å². The van der Waals surface area contributed by atoms with Gasteiger partial charge in [0.1, 0.15) is 5.82 Å². The lowest BCUT2D eigenvalue weighted by atomic mass is 9.97. The molecule has 0 saturated carbocycles. The van der Waals surface area contributed by atoms with Gasteiger partial charge < -0.3 is 14.8 Å². The fourth-order valence-electron chi connectivity index (χ4n) is 4.02. The molecule has 1 unspecified atom stereocenters. The van der Waals surface area contributed by atoms with Gasteiger partial charge in [-0.05, 0) is 42.3 Å². The molecule has 0 bridgehead atoms. The van der Waals surface area contributed by atoms with E-state index in [1.807, 2.05) is 12.1 Å². The third-order valence-electron chi connectivity index (χ3n) is 5.18. The lowest BCUT2D eigenvalue weighted by molar-refractivity contribution is 0.455. The highest BCUT2D eigenvalue weighted by atomic mass is 19.1. The minimum Gasteiger partial charge on any atom is -0.368 e. The van der Waals surface area contributed by atoms with Gasteiger partial charge in [-0.15, -0.1) is 0 Å². The zero-order valence-electron chi connectivity index (χ0n) is 15.2. The van der Waals surface area contributed by atoms with E-state index < -0.39 is 0 Å². The molecule has 1 atom stereocenters. The Hall–Kier alpha value is -2.59. The third-order valence-corrected chi connectivity index (χ3v) is 5.18. The number of aromatic nitrogens is 1. The number of rotatable bonds is 3. The average molecular weight is 349 g/mol. The van der Waals surface area contributed by atoms with Gasteiger partial charge in [-0.1, -0.05) is 30.3 Å². The number of hydrogen-bond acceptors (Lipinski definition) is 2. The lowest BCUT2D eigenvalue weighted by Crippen LogP contribution is -2.46. The Morgan fingerprint density at radius 1 is 1.04 bits per heavy atom. The Morgan fingerprint density at radius 3 is 2.50 bits per heavy atom. The molecule has 1 N–H and O–H groups in total. The van der Waals surface area contributed by atoms with Crippen LogP contribution in [0.2, 0.25) is 0 Å². The van der Waals surface area contributed by atoms with Gasteiger partial charge in [0.05, 0.1) is 6.04 Å². The van der Waals surface area contributed by atoms with Crippen LogP contribution < -0.4 is 10.2 Å². The Labute approximate surface area is 154 Å². The zero-order chi connectivity index (χ0) is 18.1. The molecule has 0 radical (unpaired) electrons. The van der Waals surface area contributed by atoms with E-state index in [4.69, 9.17) is 0 Å². The van der Waals surface area contributed by atoms with Crippen LogP contribution in [0, 0.1) is 12.7 Å². The molecule has 1 fully saturated rings. The highest BCUT2D eigenvalue weighted by Gasteiger charge is 2.26. The molecule has 0 amide bonds. The Morgan fingerprint density at radius 2 is 1.77 bits per heavy atom. The number of anilines is 1. The summed E-state index contributed by atoms with van der Waals surface area (Å²) in [6, 6.07) is 17.6. The van der Waals surface area contributed by atoms with Crippen molar-refractivity contribution in [3.05, 3.63) is 77.9 Å². The van der Waals surface area contributed by atoms with Crippen molar-refractivity contribution in [1.29, 1.82) is 0 Å². The summed E-state index contributed by atoms with van der Waals surface area (Å²) in [5.74, 6) is -0.190. The van der Waals surface area contributed by atoms with Gasteiger partial charge in [0.25, 0.3) is 0 Å². The number of halogens is 1. The molecule has 1 aliphatic rings. The largest absolute Gasteiger partial charge is 0.368 e.